The minimum absolute atomic E-state index is 0.0596. The lowest BCUT2D eigenvalue weighted by molar-refractivity contribution is -0.121. The van der Waals surface area contributed by atoms with Crippen molar-refractivity contribution in [3.8, 4) is 0 Å². The van der Waals surface area contributed by atoms with Crippen LogP contribution >= 0.6 is 0 Å². The van der Waals surface area contributed by atoms with Crippen molar-refractivity contribution >= 4 is 5.91 Å². The molecule has 0 fully saturated rings. The Morgan fingerprint density at radius 2 is 1.28 bits per heavy atom. The number of carbonyl (C=O) groups is 1. The van der Waals surface area contributed by atoms with Gasteiger partial charge in [-0.3, -0.25) is 4.79 Å². The highest BCUT2D eigenvalue weighted by Crippen LogP contribution is 2.27. The summed E-state index contributed by atoms with van der Waals surface area (Å²) in [6.45, 7) is 0.636. The van der Waals surface area contributed by atoms with E-state index < -0.39 is 0 Å². The van der Waals surface area contributed by atoms with Crippen molar-refractivity contribution in [2.45, 2.75) is 24.8 Å². The zero-order valence-electron chi connectivity index (χ0n) is 17.3. The number of amides is 1. The van der Waals surface area contributed by atoms with Gasteiger partial charge in [-0.25, -0.2) is 0 Å². The highest BCUT2D eigenvalue weighted by atomic mass is 16.1. The van der Waals surface area contributed by atoms with E-state index in [9.17, 15) is 4.79 Å². The zero-order chi connectivity index (χ0) is 20.5. The molecule has 0 aliphatic rings. The van der Waals surface area contributed by atoms with Crippen LogP contribution in [0.15, 0.2) is 91.0 Å². The lowest BCUT2D eigenvalue weighted by Gasteiger charge is -2.25. The number of hydrogen-bond donors (Lipinski definition) is 1. The van der Waals surface area contributed by atoms with Crippen LogP contribution in [0.4, 0.5) is 0 Å². The van der Waals surface area contributed by atoms with Crippen LogP contribution in [0, 0.1) is 0 Å². The van der Waals surface area contributed by atoms with Crippen LogP contribution in [0.1, 0.15) is 29.0 Å². The molecule has 0 aliphatic carbocycles. The van der Waals surface area contributed by atoms with Gasteiger partial charge in [-0.15, -0.1) is 0 Å². The van der Waals surface area contributed by atoms with Gasteiger partial charge in [0.2, 0.25) is 5.91 Å². The number of likely N-dealkylation sites (N-methyl/N-ethyl adjacent to an activating group) is 1. The normalized spacial score (nSPS) is 12.1. The van der Waals surface area contributed by atoms with Crippen molar-refractivity contribution in [1.82, 2.24) is 10.2 Å². The van der Waals surface area contributed by atoms with E-state index in [2.05, 4.69) is 72.8 Å². The average molecular weight is 387 g/mol. The topological polar surface area (TPSA) is 32.3 Å². The fourth-order valence-electron chi connectivity index (χ4n) is 3.61. The van der Waals surface area contributed by atoms with Gasteiger partial charge in [0.15, 0.2) is 0 Å². The highest BCUT2D eigenvalue weighted by Gasteiger charge is 2.19. The summed E-state index contributed by atoms with van der Waals surface area (Å²) >= 11 is 0. The molecular weight excluding hydrogens is 356 g/mol. The summed E-state index contributed by atoms with van der Waals surface area (Å²) in [5.41, 5.74) is 3.62. The van der Waals surface area contributed by atoms with Gasteiger partial charge in [-0.1, -0.05) is 91.0 Å². The molecule has 0 aromatic heterocycles. The van der Waals surface area contributed by atoms with Crippen molar-refractivity contribution in [2.75, 3.05) is 20.6 Å². The van der Waals surface area contributed by atoms with Gasteiger partial charge in [0, 0.05) is 24.9 Å². The molecule has 0 heterocycles. The number of nitrogens with one attached hydrogen (secondary N) is 1. The van der Waals surface area contributed by atoms with E-state index in [1.54, 1.807) is 0 Å². The molecule has 0 bridgehead atoms. The SMILES string of the molecule is CN(C)[C@@H](CNC(=O)CC(c1ccccc1)c1ccccc1)Cc1ccccc1. The van der Waals surface area contributed by atoms with E-state index in [1.807, 2.05) is 42.5 Å². The van der Waals surface area contributed by atoms with Crippen LogP contribution in [0.25, 0.3) is 0 Å². The average Bonchev–Trinajstić information content (AvgIpc) is 2.76. The van der Waals surface area contributed by atoms with Gasteiger partial charge in [-0.05, 0) is 37.2 Å². The smallest absolute Gasteiger partial charge is 0.221 e. The second kappa shape index (κ2) is 10.6. The predicted molar refractivity (Wildman–Crippen MR) is 120 cm³/mol. The molecule has 0 saturated heterocycles. The number of rotatable bonds is 9. The Kier molecular flexibility index (Phi) is 7.60. The number of benzene rings is 3. The van der Waals surface area contributed by atoms with Gasteiger partial charge in [-0.2, -0.15) is 0 Å². The van der Waals surface area contributed by atoms with Crippen molar-refractivity contribution in [3.63, 3.8) is 0 Å². The summed E-state index contributed by atoms with van der Waals surface area (Å²) in [4.78, 5) is 15.0. The third-order valence-electron chi connectivity index (χ3n) is 5.37. The van der Waals surface area contributed by atoms with E-state index in [-0.39, 0.29) is 17.9 Å². The fourth-order valence-corrected chi connectivity index (χ4v) is 3.61. The molecule has 29 heavy (non-hydrogen) atoms. The van der Waals surface area contributed by atoms with Crippen LogP contribution in [0.5, 0.6) is 0 Å². The van der Waals surface area contributed by atoms with Gasteiger partial charge >= 0.3 is 0 Å². The van der Waals surface area contributed by atoms with Crippen LogP contribution in [0.3, 0.4) is 0 Å². The minimum atomic E-state index is 0.0596. The maximum absolute atomic E-state index is 12.8. The first-order chi connectivity index (χ1) is 14.1. The molecule has 0 spiro atoms. The van der Waals surface area contributed by atoms with Crippen LogP contribution < -0.4 is 5.32 Å². The molecule has 3 aromatic carbocycles. The Labute approximate surface area is 174 Å². The second-order valence-electron chi connectivity index (χ2n) is 7.69. The fraction of sp³-hybridized carbons (Fsp3) is 0.269. The molecule has 1 atom stereocenters. The van der Waals surface area contributed by atoms with Gasteiger partial charge in [0.25, 0.3) is 0 Å². The Morgan fingerprint density at radius 3 is 1.76 bits per heavy atom. The quantitative estimate of drug-likeness (QED) is 0.587. The van der Waals surface area contributed by atoms with E-state index in [0.29, 0.717) is 13.0 Å². The molecule has 1 amide bonds. The van der Waals surface area contributed by atoms with Crippen molar-refractivity contribution in [3.05, 3.63) is 108 Å². The van der Waals surface area contributed by atoms with Crippen LogP contribution in [-0.2, 0) is 11.2 Å². The van der Waals surface area contributed by atoms with Crippen molar-refractivity contribution in [1.29, 1.82) is 0 Å². The Bertz CT molecular complexity index is 823. The maximum Gasteiger partial charge on any atom is 0.221 e. The standard InChI is InChI=1S/C26H30N2O/c1-28(2)24(18-21-12-6-3-7-13-21)20-27-26(29)19-25(22-14-8-4-9-15-22)23-16-10-5-11-17-23/h3-17,24-25H,18-20H2,1-2H3,(H,27,29)/t24-/m1/s1. The minimum Gasteiger partial charge on any atom is -0.354 e. The summed E-state index contributed by atoms with van der Waals surface area (Å²) in [6.07, 6.45) is 1.36. The van der Waals surface area contributed by atoms with Gasteiger partial charge in [0.05, 0.1) is 0 Å². The first-order valence-electron chi connectivity index (χ1n) is 10.2. The zero-order valence-corrected chi connectivity index (χ0v) is 17.3. The van der Waals surface area contributed by atoms with Crippen LogP contribution in [-0.4, -0.2) is 37.5 Å². The molecule has 0 saturated carbocycles. The molecule has 0 aliphatic heterocycles. The molecular formula is C26H30N2O. The third-order valence-corrected chi connectivity index (χ3v) is 5.37. The van der Waals surface area contributed by atoms with Crippen molar-refractivity contribution < 1.29 is 4.79 Å². The molecule has 3 rings (SSSR count). The summed E-state index contributed by atoms with van der Waals surface area (Å²) in [5.74, 6) is 0.145. The lowest BCUT2D eigenvalue weighted by Crippen LogP contribution is -2.41. The number of carbonyl (C=O) groups excluding carboxylic acids is 1. The van der Waals surface area contributed by atoms with Crippen molar-refractivity contribution in [2.24, 2.45) is 0 Å². The van der Waals surface area contributed by atoms with E-state index in [1.165, 1.54) is 16.7 Å². The highest BCUT2D eigenvalue weighted by molar-refractivity contribution is 5.77. The molecule has 3 heteroatoms. The first kappa shape index (κ1) is 20.8. The van der Waals surface area contributed by atoms with Crippen LogP contribution in [0.2, 0.25) is 0 Å². The number of nitrogens with zero attached hydrogens (tertiary/aromatic N) is 1. The molecule has 3 aromatic rings. The Balaban J connectivity index is 1.65. The predicted octanol–water partition coefficient (Wildman–Crippen LogP) is 4.50. The van der Waals surface area contributed by atoms with E-state index in [0.717, 1.165) is 6.42 Å². The Morgan fingerprint density at radius 1 is 0.793 bits per heavy atom. The first-order valence-corrected chi connectivity index (χ1v) is 10.2. The molecule has 1 N–H and O–H groups in total. The molecule has 0 unspecified atom stereocenters. The summed E-state index contributed by atoms with van der Waals surface area (Å²) in [6, 6.07) is 31.2. The molecule has 3 nitrogen and oxygen atoms in total. The largest absolute Gasteiger partial charge is 0.354 e. The second-order valence-corrected chi connectivity index (χ2v) is 7.69. The van der Waals surface area contributed by atoms with E-state index >= 15 is 0 Å². The van der Waals surface area contributed by atoms with Gasteiger partial charge in [0.1, 0.15) is 0 Å². The monoisotopic (exact) mass is 386 g/mol. The summed E-state index contributed by atoms with van der Waals surface area (Å²) in [7, 11) is 4.13. The summed E-state index contributed by atoms with van der Waals surface area (Å²) in [5, 5.41) is 3.17. The maximum atomic E-state index is 12.8. The third kappa shape index (κ3) is 6.30. The number of hydrogen-bond acceptors (Lipinski definition) is 2. The van der Waals surface area contributed by atoms with E-state index in [4.69, 9.17) is 0 Å². The molecule has 150 valence electrons. The Hall–Kier alpha value is -2.91. The summed E-state index contributed by atoms with van der Waals surface area (Å²) < 4.78 is 0. The van der Waals surface area contributed by atoms with Gasteiger partial charge < -0.3 is 10.2 Å². The lowest BCUT2D eigenvalue weighted by atomic mass is 9.88. The molecule has 0 radical (unpaired) electrons.